The fourth-order valence-electron chi connectivity index (χ4n) is 2.82. The standard InChI is InChI=1S/C17H17Cl2N3O2/c1-24-15-3-2-12(18)9-14(15)22-7-5-13(10-22)21-17(23)11-4-6-20-16(19)8-11/h2-4,6,8-9,13H,5,7,10H2,1H3,(H,21,23). The summed E-state index contributed by atoms with van der Waals surface area (Å²) in [6, 6.07) is 8.79. The Balaban J connectivity index is 1.68. The molecule has 1 amide bonds. The molecular formula is C17H17Cl2N3O2. The fraction of sp³-hybridized carbons (Fsp3) is 0.294. The third-order valence-electron chi connectivity index (χ3n) is 3.99. The molecule has 0 saturated carbocycles. The van der Waals surface area contributed by atoms with Crippen molar-refractivity contribution >= 4 is 34.8 Å². The molecule has 0 aliphatic carbocycles. The van der Waals surface area contributed by atoms with E-state index in [1.165, 1.54) is 6.20 Å². The van der Waals surface area contributed by atoms with Crippen LogP contribution in [0.5, 0.6) is 5.75 Å². The van der Waals surface area contributed by atoms with Crippen LogP contribution >= 0.6 is 23.2 Å². The minimum absolute atomic E-state index is 0.0492. The highest BCUT2D eigenvalue weighted by molar-refractivity contribution is 6.31. The molecule has 2 aromatic rings. The zero-order valence-corrected chi connectivity index (χ0v) is 14.6. The molecule has 1 aliphatic rings. The normalized spacial score (nSPS) is 17.0. The number of carbonyl (C=O) groups excluding carboxylic acids is 1. The third kappa shape index (κ3) is 3.74. The van der Waals surface area contributed by atoms with Gasteiger partial charge in [-0.05, 0) is 36.8 Å². The molecule has 7 heteroatoms. The van der Waals surface area contributed by atoms with Gasteiger partial charge in [-0.1, -0.05) is 23.2 Å². The topological polar surface area (TPSA) is 54.5 Å². The first-order valence-corrected chi connectivity index (χ1v) is 8.33. The van der Waals surface area contributed by atoms with Crippen molar-refractivity contribution in [1.29, 1.82) is 0 Å². The van der Waals surface area contributed by atoms with Crippen molar-refractivity contribution in [2.24, 2.45) is 0 Å². The molecule has 1 unspecified atom stereocenters. The predicted octanol–water partition coefficient (Wildman–Crippen LogP) is 3.41. The number of amides is 1. The summed E-state index contributed by atoms with van der Waals surface area (Å²) in [5.41, 5.74) is 1.45. The van der Waals surface area contributed by atoms with Crippen LogP contribution in [0.4, 0.5) is 5.69 Å². The Hall–Kier alpha value is -1.98. The van der Waals surface area contributed by atoms with Crippen molar-refractivity contribution in [1.82, 2.24) is 10.3 Å². The molecule has 5 nitrogen and oxygen atoms in total. The summed E-state index contributed by atoms with van der Waals surface area (Å²) in [6.45, 7) is 1.51. The van der Waals surface area contributed by atoms with Gasteiger partial charge in [-0.25, -0.2) is 4.98 Å². The van der Waals surface area contributed by atoms with Crippen LogP contribution in [0.3, 0.4) is 0 Å². The second kappa shape index (κ2) is 7.28. The average molecular weight is 366 g/mol. The maximum absolute atomic E-state index is 12.3. The number of methoxy groups -OCH3 is 1. The summed E-state index contributed by atoms with van der Waals surface area (Å²) in [5.74, 6) is 0.622. The lowest BCUT2D eigenvalue weighted by Gasteiger charge is -2.21. The largest absolute Gasteiger partial charge is 0.495 e. The van der Waals surface area contributed by atoms with Gasteiger partial charge in [0.2, 0.25) is 0 Å². The number of hydrogen-bond donors (Lipinski definition) is 1. The second-order valence-corrected chi connectivity index (χ2v) is 6.41. The molecule has 0 spiro atoms. The van der Waals surface area contributed by atoms with Crippen LogP contribution < -0.4 is 15.0 Å². The summed E-state index contributed by atoms with van der Waals surface area (Å²) in [6.07, 6.45) is 2.37. The number of pyridine rings is 1. The molecule has 1 saturated heterocycles. The highest BCUT2D eigenvalue weighted by atomic mass is 35.5. The van der Waals surface area contributed by atoms with E-state index in [4.69, 9.17) is 27.9 Å². The maximum atomic E-state index is 12.3. The zero-order valence-electron chi connectivity index (χ0n) is 13.1. The molecule has 1 N–H and O–H groups in total. The second-order valence-electron chi connectivity index (χ2n) is 5.59. The van der Waals surface area contributed by atoms with Gasteiger partial charge in [0.1, 0.15) is 10.9 Å². The first-order valence-electron chi connectivity index (χ1n) is 7.57. The summed E-state index contributed by atoms with van der Waals surface area (Å²) < 4.78 is 5.40. The lowest BCUT2D eigenvalue weighted by Crippen LogP contribution is -2.37. The third-order valence-corrected chi connectivity index (χ3v) is 4.44. The van der Waals surface area contributed by atoms with Gasteiger partial charge >= 0.3 is 0 Å². The number of rotatable bonds is 4. The summed E-state index contributed by atoms with van der Waals surface area (Å²) in [5, 5.41) is 4.00. The van der Waals surface area contributed by atoms with E-state index in [9.17, 15) is 4.79 Å². The summed E-state index contributed by atoms with van der Waals surface area (Å²) >= 11 is 11.9. The number of aromatic nitrogens is 1. The van der Waals surface area contributed by atoms with E-state index < -0.39 is 0 Å². The van der Waals surface area contributed by atoms with Crippen molar-refractivity contribution in [3.63, 3.8) is 0 Å². The zero-order chi connectivity index (χ0) is 17.1. The number of hydrogen-bond acceptors (Lipinski definition) is 4. The number of nitrogens with zero attached hydrogens (tertiary/aromatic N) is 2. The average Bonchev–Trinajstić information content (AvgIpc) is 3.03. The predicted molar refractivity (Wildman–Crippen MR) is 95.3 cm³/mol. The lowest BCUT2D eigenvalue weighted by atomic mass is 10.2. The Morgan fingerprint density at radius 2 is 2.17 bits per heavy atom. The van der Waals surface area contributed by atoms with E-state index in [0.29, 0.717) is 22.3 Å². The number of ether oxygens (including phenoxy) is 1. The maximum Gasteiger partial charge on any atom is 0.251 e. The fourth-order valence-corrected chi connectivity index (χ4v) is 3.16. The number of carbonyl (C=O) groups is 1. The molecular weight excluding hydrogens is 349 g/mol. The van der Waals surface area contributed by atoms with E-state index in [-0.39, 0.29) is 11.9 Å². The molecule has 1 aromatic heterocycles. The Bertz CT molecular complexity index is 754. The van der Waals surface area contributed by atoms with Gasteiger partial charge in [0.05, 0.1) is 12.8 Å². The molecule has 24 heavy (non-hydrogen) atoms. The lowest BCUT2D eigenvalue weighted by molar-refractivity contribution is 0.0940. The van der Waals surface area contributed by atoms with Crippen molar-refractivity contribution in [2.75, 3.05) is 25.1 Å². The Labute approximate surface area is 150 Å². The van der Waals surface area contributed by atoms with E-state index in [1.807, 2.05) is 12.1 Å². The van der Waals surface area contributed by atoms with Crippen LogP contribution in [0.2, 0.25) is 10.2 Å². The van der Waals surface area contributed by atoms with Gasteiger partial charge in [-0.3, -0.25) is 4.79 Å². The number of halogens is 2. The first kappa shape index (κ1) is 16.9. The van der Waals surface area contributed by atoms with Crippen molar-refractivity contribution in [3.8, 4) is 5.75 Å². The van der Waals surface area contributed by atoms with Crippen molar-refractivity contribution in [3.05, 3.63) is 52.3 Å². The summed E-state index contributed by atoms with van der Waals surface area (Å²) in [7, 11) is 1.63. The molecule has 126 valence electrons. The molecule has 1 aromatic carbocycles. The number of nitrogens with one attached hydrogen (secondary N) is 1. The minimum Gasteiger partial charge on any atom is -0.495 e. The van der Waals surface area contributed by atoms with Crippen LogP contribution in [0.15, 0.2) is 36.5 Å². The monoisotopic (exact) mass is 365 g/mol. The Morgan fingerprint density at radius 1 is 1.33 bits per heavy atom. The van der Waals surface area contributed by atoms with E-state index >= 15 is 0 Å². The van der Waals surface area contributed by atoms with Gasteiger partial charge in [-0.2, -0.15) is 0 Å². The van der Waals surface area contributed by atoms with Gasteiger partial charge in [0, 0.05) is 35.9 Å². The Morgan fingerprint density at radius 3 is 2.92 bits per heavy atom. The molecule has 1 aliphatic heterocycles. The van der Waals surface area contributed by atoms with Crippen LogP contribution in [0.1, 0.15) is 16.8 Å². The summed E-state index contributed by atoms with van der Waals surface area (Å²) in [4.78, 5) is 18.4. The number of anilines is 1. The van der Waals surface area contributed by atoms with Crippen LogP contribution in [-0.2, 0) is 0 Å². The number of benzene rings is 1. The molecule has 2 heterocycles. The quantitative estimate of drug-likeness (QED) is 0.843. The molecule has 0 radical (unpaired) electrons. The van der Waals surface area contributed by atoms with Crippen molar-refractivity contribution < 1.29 is 9.53 Å². The van der Waals surface area contributed by atoms with E-state index in [1.54, 1.807) is 25.3 Å². The smallest absolute Gasteiger partial charge is 0.251 e. The first-order chi connectivity index (χ1) is 11.6. The van der Waals surface area contributed by atoms with Gasteiger partial charge in [0.25, 0.3) is 5.91 Å². The molecule has 1 atom stereocenters. The van der Waals surface area contributed by atoms with Gasteiger partial charge in [-0.15, -0.1) is 0 Å². The van der Waals surface area contributed by atoms with Crippen LogP contribution in [-0.4, -0.2) is 37.1 Å². The van der Waals surface area contributed by atoms with Crippen molar-refractivity contribution in [2.45, 2.75) is 12.5 Å². The molecule has 0 bridgehead atoms. The SMILES string of the molecule is COc1ccc(Cl)cc1N1CCC(NC(=O)c2ccnc(Cl)c2)C1. The van der Waals surface area contributed by atoms with E-state index in [0.717, 1.165) is 24.4 Å². The highest BCUT2D eigenvalue weighted by Crippen LogP contribution is 2.33. The highest BCUT2D eigenvalue weighted by Gasteiger charge is 2.26. The molecule has 3 rings (SSSR count). The van der Waals surface area contributed by atoms with Gasteiger partial charge in [0.15, 0.2) is 0 Å². The van der Waals surface area contributed by atoms with Gasteiger partial charge < -0.3 is 15.0 Å². The van der Waals surface area contributed by atoms with Crippen LogP contribution in [0.25, 0.3) is 0 Å². The van der Waals surface area contributed by atoms with Crippen LogP contribution in [0, 0.1) is 0 Å². The minimum atomic E-state index is -0.149. The Kier molecular flexibility index (Phi) is 5.11. The molecule has 1 fully saturated rings. The van der Waals surface area contributed by atoms with E-state index in [2.05, 4.69) is 15.2 Å².